The highest BCUT2D eigenvalue weighted by Crippen LogP contribution is 2.30. The largest absolute Gasteiger partial charge is 0.491 e. The van der Waals surface area contributed by atoms with E-state index in [2.05, 4.69) is 24.1 Å². The van der Waals surface area contributed by atoms with Gasteiger partial charge in [-0.25, -0.2) is 0 Å². The van der Waals surface area contributed by atoms with Crippen LogP contribution >= 0.6 is 11.6 Å². The van der Waals surface area contributed by atoms with Crippen LogP contribution in [0.5, 0.6) is 5.75 Å². The van der Waals surface area contributed by atoms with Crippen molar-refractivity contribution in [2.45, 2.75) is 13.8 Å². The fourth-order valence-electron chi connectivity index (χ4n) is 2.03. The highest BCUT2D eigenvalue weighted by atomic mass is 35.5. The molecule has 0 aliphatic rings. The molecule has 2 rings (SSSR count). The van der Waals surface area contributed by atoms with Crippen LogP contribution in [0.25, 0.3) is 10.9 Å². The van der Waals surface area contributed by atoms with Gasteiger partial charge in [0.1, 0.15) is 11.3 Å². The molecule has 0 spiro atoms. The van der Waals surface area contributed by atoms with Crippen LogP contribution in [-0.2, 0) is 0 Å². The Morgan fingerprint density at radius 2 is 2.11 bits per heavy atom. The normalized spacial score (nSPS) is 11.8. The number of rotatable bonds is 5. The molecule has 102 valence electrons. The van der Waals surface area contributed by atoms with Gasteiger partial charge in [-0.15, -0.1) is 0 Å². The second kappa shape index (κ2) is 5.76. The zero-order valence-electron chi connectivity index (χ0n) is 11.5. The minimum absolute atomic E-state index is 0.0650. The average molecular weight is 279 g/mol. The summed E-state index contributed by atoms with van der Waals surface area (Å²) in [6, 6.07) is 7.57. The molecule has 0 bridgehead atoms. The summed E-state index contributed by atoms with van der Waals surface area (Å²) in [5.41, 5.74) is 0.880. The zero-order chi connectivity index (χ0) is 13.9. The summed E-state index contributed by atoms with van der Waals surface area (Å²) in [5.74, 6) is 0.782. The van der Waals surface area contributed by atoms with E-state index in [9.17, 15) is 0 Å². The maximum absolute atomic E-state index is 6.16. The molecule has 1 heterocycles. The fraction of sp³-hybridized carbons (Fsp3) is 0.400. The quantitative estimate of drug-likeness (QED) is 0.909. The number of halogens is 1. The maximum Gasteiger partial charge on any atom is 0.145 e. The number of benzene rings is 1. The van der Waals surface area contributed by atoms with Gasteiger partial charge in [-0.2, -0.15) is 0 Å². The lowest BCUT2D eigenvalue weighted by molar-refractivity contribution is 0.180. The molecule has 3 nitrogen and oxygen atoms in total. The van der Waals surface area contributed by atoms with Crippen molar-refractivity contribution in [2.24, 2.45) is 5.41 Å². The third kappa shape index (κ3) is 3.37. The lowest BCUT2D eigenvalue weighted by Gasteiger charge is -2.24. The molecular weight excluding hydrogens is 260 g/mol. The molecule has 0 saturated carbocycles. The molecule has 0 amide bonds. The summed E-state index contributed by atoms with van der Waals surface area (Å²) < 4.78 is 5.93. The van der Waals surface area contributed by atoms with Gasteiger partial charge >= 0.3 is 0 Å². The van der Waals surface area contributed by atoms with Crippen LogP contribution in [0, 0.1) is 5.41 Å². The number of pyridine rings is 1. The maximum atomic E-state index is 6.16. The van der Waals surface area contributed by atoms with Crippen molar-refractivity contribution >= 4 is 22.5 Å². The van der Waals surface area contributed by atoms with E-state index in [-0.39, 0.29) is 5.41 Å². The Labute approximate surface area is 118 Å². The van der Waals surface area contributed by atoms with Gasteiger partial charge in [-0.05, 0) is 31.3 Å². The van der Waals surface area contributed by atoms with Gasteiger partial charge in [0.15, 0.2) is 0 Å². The van der Waals surface area contributed by atoms with Gasteiger partial charge < -0.3 is 10.1 Å². The minimum atomic E-state index is 0.0650. The van der Waals surface area contributed by atoms with Gasteiger partial charge in [-0.1, -0.05) is 25.4 Å². The molecule has 19 heavy (non-hydrogen) atoms. The Hall–Kier alpha value is -1.32. The number of aromatic nitrogens is 1. The van der Waals surface area contributed by atoms with Crippen LogP contribution in [0.4, 0.5) is 0 Å². The smallest absolute Gasteiger partial charge is 0.145 e. The van der Waals surface area contributed by atoms with Gasteiger partial charge in [0.05, 0.1) is 11.6 Å². The van der Waals surface area contributed by atoms with E-state index in [4.69, 9.17) is 16.3 Å². The molecule has 0 radical (unpaired) electrons. The lowest BCUT2D eigenvalue weighted by Crippen LogP contribution is -2.32. The van der Waals surface area contributed by atoms with Crippen LogP contribution in [0.3, 0.4) is 0 Å². The highest BCUT2D eigenvalue weighted by Gasteiger charge is 2.18. The summed E-state index contributed by atoms with van der Waals surface area (Å²) in [4.78, 5) is 4.36. The molecule has 0 aliphatic heterocycles. The molecule has 0 unspecified atom stereocenters. The second-order valence-corrected chi connectivity index (χ2v) is 5.84. The number of hydrogen-bond acceptors (Lipinski definition) is 3. The van der Waals surface area contributed by atoms with E-state index in [1.807, 2.05) is 31.3 Å². The topological polar surface area (TPSA) is 34.1 Å². The number of nitrogens with one attached hydrogen (secondary N) is 1. The van der Waals surface area contributed by atoms with Crippen molar-refractivity contribution < 1.29 is 4.74 Å². The van der Waals surface area contributed by atoms with E-state index in [1.54, 1.807) is 6.20 Å². The predicted octanol–water partition coefficient (Wildman–Crippen LogP) is 3.51. The summed E-state index contributed by atoms with van der Waals surface area (Å²) in [5, 5.41) is 4.80. The van der Waals surface area contributed by atoms with E-state index in [0.29, 0.717) is 11.6 Å². The number of hydrogen-bond donors (Lipinski definition) is 1. The minimum Gasteiger partial charge on any atom is -0.491 e. The van der Waals surface area contributed by atoms with Crippen LogP contribution < -0.4 is 10.1 Å². The summed E-state index contributed by atoms with van der Waals surface area (Å²) in [6.45, 7) is 5.84. The van der Waals surface area contributed by atoms with Crippen LogP contribution in [0.2, 0.25) is 5.02 Å². The Morgan fingerprint density at radius 3 is 2.84 bits per heavy atom. The molecule has 0 saturated heterocycles. The van der Waals surface area contributed by atoms with Crippen LogP contribution in [0.1, 0.15) is 13.8 Å². The highest BCUT2D eigenvalue weighted by molar-refractivity contribution is 6.35. The van der Waals surface area contributed by atoms with E-state index < -0.39 is 0 Å². The molecule has 1 aromatic heterocycles. The molecule has 4 heteroatoms. The Kier molecular flexibility index (Phi) is 4.27. The zero-order valence-corrected chi connectivity index (χ0v) is 12.3. The van der Waals surface area contributed by atoms with Crippen molar-refractivity contribution in [3.8, 4) is 5.75 Å². The van der Waals surface area contributed by atoms with Crippen molar-refractivity contribution in [1.29, 1.82) is 0 Å². The Morgan fingerprint density at radius 1 is 1.32 bits per heavy atom. The summed E-state index contributed by atoms with van der Waals surface area (Å²) in [7, 11) is 1.95. The average Bonchev–Trinajstić information content (AvgIpc) is 2.38. The van der Waals surface area contributed by atoms with E-state index >= 15 is 0 Å². The molecule has 2 aromatic rings. The van der Waals surface area contributed by atoms with Gasteiger partial charge in [-0.3, -0.25) is 4.98 Å². The third-order valence-corrected chi connectivity index (χ3v) is 3.28. The molecule has 0 fully saturated rings. The third-order valence-electron chi connectivity index (χ3n) is 2.95. The summed E-state index contributed by atoms with van der Waals surface area (Å²) >= 11 is 6.16. The van der Waals surface area contributed by atoms with Crippen LogP contribution in [-0.4, -0.2) is 25.2 Å². The fourth-order valence-corrected chi connectivity index (χ4v) is 2.25. The van der Waals surface area contributed by atoms with Gasteiger partial charge in [0.25, 0.3) is 0 Å². The molecule has 1 aromatic carbocycles. The first-order chi connectivity index (χ1) is 9.03. The van der Waals surface area contributed by atoms with E-state index in [1.165, 1.54) is 0 Å². The number of ether oxygens (including phenoxy) is 1. The van der Waals surface area contributed by atoms with Crippen molar-refractivity contribution in [2.75, 3.05) is 20.2 Å². The molecular formula is C15H19ClN2O. The standard InChI is InChI=1S/C15H19ClN2O/c1-15(2,9-17-3)10-19-13-7-6-12(16)11-5-4-8-18-14(11)13/h4-8,17H,9-10H2,1-3H3. The van der Waals surface area contributed by atoms with Gasteiger partial charge in [0.2, 0.25) is 0 Å². The van der Waals surface area contributed by atoms with Crippen molar-refractivity contribution in [3.05, 3.63) is 35.5 Å². The second-order valence-electron chi connectivity index (χ2n) is 5.43. The molecule has 0 atom stereocenters. The first-order valence-electron chi connectivity index (χ1n) is 6.34. The van der Waals surface area contributed by atoms with Crippen LogP contribution in [0.15, 0.2) is 30.5 Å². The first-order valence-corrected chi connectivity index (χ1v) is 6.72. The monoisotopic (exact) mass is 278 g/mol. The lowest BCUT2D eigenvalue weighted by atomic mass is 9.95. The van der Waals surface area contributed by atoms with Crippen molar-refractivity contribution in [3.63, 3.8) is 0 Å². The Bertz CT molecular complexity index is 569. The Balaban J connectivity index is 2.24. The van der Waals surface area contributed by atoms with Gasteiger partial charge in [0, 0.05) is 23.5 Å². The molecule has 1 N–H and O–H groups in total. The van der Waals surface area contributed by atoms with E-state index in [0.717, 1.165) is 23.2 Å². The SMILES string of the molecule is CNCC(C)(C)COc1ccc(Cl)c2cccnc12. The predicted molar refractivity (Wildman–Crippen MR) is 80.0 cm³/mol. The summed E-state index contributed by atoms with van der Waals surface area (Å²) in [6.07, 6.45) is 1.75. The number of nitrogens with zero attached hydrogens (tertiary/aromatic N) is 1. The van der Waals surface area contributed by atoms with Crippen molar-refractivity contribution in [1.82, 2.24) is 10.3 Å². The number of fused-ring (bicyclic) bond motifs is 1. The first kappa shape index (κ1) is 14.1. The molecule has 0 aliphatic carbocycles.